The molecule has 3 rings (SSSR count). The Labute approximate surface area is 215 Å². The molecule has 0 saturated carbocycles. The van der Waals surface area contributed by atoms with Crippen molar-refractivity contribution in [1.29, 1.82) is 0 Å². The number of halogens is 1. The van der Waals surface area contributed by atoms with Crippen LogP contribution < -0.4 is 10.7 Å². The molecular weight excluding hydrogens is 477 g/mol. The molecule has 190 valence electrons. The lowest BCUT2D eigenvalue weighted by Gasteiger charge is -2.23. The topological polar surface area (TPSA) is 77.0 Å². The third-order valence-electron chi connectivity index (χ3n) is 5.72. The summed E-state index contributed by atoms with van der Waals surface area (Å²) < 4.78 is 13.0. The number of hydrogen-bond donors (Lipinski definition) is 2. The minimum atomic E-state index is -0.450. The van der Waals surface area contributed by atoms with Gasteiger partial charge in [0.25, 0.3) is 11.8 Å². The van der Waals surface area contributed by atoms with Crippen molar-refractivity contribution in [3.63, 3.8) is 0 Å². The number of nitrogens with one attached hydrogen (secondary N) is 2. The summed E-state index contributed by atoms with van der Waals surface area (Å²) in [5.74, 6) is -1.08. The van der Waals surface area contributed by atoms with E-state index in [9.17, 15) is 14.0 Å². The smallest absolute Gasteiger partial charge is 0.274 e. The summed E-state index contributed by atoms with van der Waals surface area (Å²) in [6.07, 6.45) is 1.42. The first-order valence-corrected chi connectivity index (χ1v) is 12.7. The van der Waals surface area contributed by atoms with E-state index in [0.717, 1.165) is 38.3 Å². The molecule has 2 amide bonds. The molecule has 0 radical (unpaired) electrons. The van der Waals surface area contributed by atoms with E-state index in [2.05, 4.69) is 46.5 Å². The Kier molecular flexibility index (Phi) is 10.3. The average molecular weight is 510 g/mol. The number of carbonyl (C=O) groups is 2. The van der Waals surface area contributed by atoms with Crippen LogP contribution in [0.1, 0.15) is 45.7 Å². The van der Waals surface area contributed by atoms with Gasteiger partial charge in [0, 0.05) is 25.2 Å². The van der Waals surface area contributed by atoms with E-state index in [1.807, 2.05) is 18.2 Å². The van der Waals surface area contributed by atoms with Crippen molar-refractivity contribution < 1.29 is 14.0 Å². The Morgan fingerprint density at radius 1 is 1.03 bits per heavy atom. The molecule has 0 fully saturated rings. The maximum atomic E-state index is 13.0. The van der Waals surface area contributed by atoms with Crippen LogP contribution in [0.15, 0.2) is 65.1 Å². The lowest BCUT2D eigenvalue weighted by molar-refractivity contribution is 0.0956. The largest absolute Gasteiger partial charge is 0.313 e. The summed E-state index contributed by atoms with van der Waals surface area (Å²) in [5.41, 5.74) is 4.98. The van der Waals surface area contributed by atoms with Gasteiger partial charge in [-0.3, -0.25) is 9.59 Å². The minimum Gasteiger partial charge on any atom is -0.313 e. The molecular formula is C27H32FN5O2S. The molecule has 0 atom stereocenters. The first-order valence-electron chi connectivity index (χ1n) is 11.9. The zero-order chi connectivity index (χ0) is 25.9. The highest BCUT2D eigenvalue weighted by Crippen LogP contribution is 2.24. The van der Waals surface area contributed by atoms with Gasteiger partial charge in [0.1, 0.15) is 10.8 Å². The number of amides is 2. The van der Waals surface area contributed by atoms with Crippen LogP contribution in [0.25, 0.3) is 0 Å². The summed E-state index contributed by atoms with van der Waals surface area (Å²) >= 11 is 1.26. The Morgan fingerprint density at radius 2 is 1.78 bits per heavy atom. The lowest BCUT2D eigenvalue weighted by Crippen LogP contribution is -2.32. The molecule has 0 bridgehead atoms. The van der Waals surface area contributed by atoms with Crippen molar-refractivity contribution >= 4 is 34.4 Å². The summed E-state index contributed by atoms with van der Waals surface area (Å²) in [4.78, 5) is 30.1. The predicted molar refractivity (Wildman–Crippen MR) is 144 cm³/mol. The number of likely N-dealkylation sites (N-methyl/N-ethyl adjacent to an activating group) is 2. The molecule has 0 unspecified atom stereocenters. The van der Waals surface area contributed by atoms with Crippen molar-refractivity contribution in [2.75, 3.05) is 38.5 Å². The number of carbonyl (C=O) groups excluding carboxylic acids is 2. The highest BCUT2D eigenvalue weighted by Gasteiger charge is 2.16. The minimum absolute atomic E-state index is 0.283. The second-order valence-electron chi connectivity index (χ2n) is 8.33. The molecule has 2 N–H and O–H groups in total. The summed E-state index contributed by atoms with van der Waals surface area (Å²) in [5, 5.41) is 8.93. The van der Waals surface area contributed by atoms with Crippen molar-refractivity contribution in [2.24, 2.45) is 5.10 Å². The normalized spacial score (nSPS) is 11.4. The maximum Gasteiger partial charge on any atom is 0.274 e. The summed E-state index contributed by atoms with van der Waals surface area (Å²) in [7, 11) is 2.07. The molecule has 2 aromatic carbocycles. The summed E-state index contributed by atoms with van der Waals surface area (Å²) in [6, 6.07) is 14.9. The molecule has 0 aliphatic rings. The van der Waals surface area contributed by atoms with E-state index in [0.29, 0.717) is 21.7 Å². The van der Waals surface area contributed by atoms with Crippen molar-refractivity contribution in [3.05, 3.63) is 88.0 Å². The van der Waals surface area contributed by atoms with Crippen LogP contribution >= 0.6 is 11.3 Å². The van der Waals surface area contributed by atoms with Crippen molar-refractivity contribution in [1.82, 2.24) is 15.2 Å². The highest BCUT2D eigenvalue weighted by atomic mass is 32.1. The number of benzene rings is 2. The average Bonchev–Trinajstić information content (AvgIpc) is 3.34. The van der Waals surface area contributed by atoms with Gasteiger partial charge in [-0.25, -0.2) is 9.82 Å². The van der Waals surface area contributed by atoms with E-state index in [-0.39, 0.29) is 11.7 Å². The first-order chi connectivity index (χ1) is 17.4. The monoisotopic (exact) mass is 509 g/mol. The van der Waals surface area contributed by atoms with Gasteiger partial charge in [0.05, 0.1) is 11.8 Å². The maximum absolute atomic E-state index is 13.0. The Bertz CT molecular complexity index is 1170. The number of anilines is 1. The van der Waals surface area contributed by atoms with E-state index in [1.165, 1.54) is 29.7 Å². The predicted octanol–water partition coefficient (Wildman–Crippen LogP) is 4.68. The van der Waals surface area contributed by atoms with Gasteiger partial charge in [-0.1, -0.05) is 38.1 Å². The van der Waals surface area contributed by atoms with Crippen LogP contribution in [0.3, 0.4) is 0 Å². The summed E-state index contributed by atoms with van der Waals surface area (Å²) in [6.45, 7) is 9.06. The van der Waals surface area contributed by atoms with Crippen LogP contribution in [0.4, 0.5) is 9.39 Å². The van der Waals surface area contributed by atoms with Crippen LogP contribution in [0.5, 0.6) is 0 Å². The number of thiophene rings is 1. The number of hydrazone groups is 1. The van der Waals surface area contributed by atoms with Crippen molar-refractivity contribution in [3.8, 4) is 0 Å². The lowest BCUT2D eigenvalue weighted by atomic mass is 10.1. The number of hydrogen-bond acceptors (Lipinski definition) is 6. The van der Waals surface area contributed by atoms with E-state index in [4.69, 9.17) is 0 Å². The molecule has 0 aliphatic heterocycles. The molecule has 0 spiro atoms. The Balaban J connectivity index is 1.58. The fourth-order valence-corrected chi connectivity index (χ4v) is 4.37. The third-order valence-corrected chi connectivity index (χ3v) is 6.55. The van der Waals surface area contributed by atoms with Gasteiger partial charge >= 0.3 is 0 Å². The molecule has 0 saturated heterocycles. The third kappa shape index (κ3) is 8.08. The Morgan fingerprint density at radius 3 is 2.50 bits per heavy atom. The number of rotatable bonds is 12. The molecule has 0 aliphatic carbocycles. The SMILES string of the molecule is CCN(CC)CCN(C)Cc1cccc(C(=O)Nc2sccc2C(=O)N/N=C/c2ccc(F)cc2)c1. The van der Waals surface area contributed by atoms with Gasteiger partial charge < -0.3 is 15.1 Å². The van der Waals surface area contributed by atoms with E-state index >= 15 is 0 Å². The zero-order valence-electron chi connectivity index (χ0n) is 20.8. The second-order valence-corrected chi connectivity index (χ2v) is 9.25. The standard InChI is InChI=1S/C27H32FN5O2S/c1-4-33(5-2)15-14-32(3)19-21-7-6-8-22(17-21)25(34)30-27-24(13-16-36-27)26(35)31-29-18-20-9-11-23(28)12-10-20/h6-13,16-18H,4-5,14-15,19H2,1-3H3,(H,30,34)(H,31,35)/b29-18+. The zero-order valence-corrected chi connectivity index (χ0v) is 21.6. The van der Waals surface area contributed by atoms with Crippen LogP contribution in [0, 0.1) is 5.82 Å². The van der Waals surface area contributed by atoms with Gasteiger partial charge in [-0.15, -0.1) is 11.3 Å². The van der Waals surface area contributed by atoms with Gasteiger partial charge in [-0.2, -0.15) is 5.10 Å². The molecule has 9 heteroatoms. The van der Waals surface area contributed by atoms with Crippen LogP contribution in [-0.2, 0) is 6.54 Å². The van der Waals surface area contributed by atoms with Crippen molar-refractivity contribution in [2.45, 2.75) is 20.4 Å². The van der Waals surface area contributed by atoms with Gasteiger partial charge in [0.15, 0.2) is 0 Å². The van der Waals surface area contributed by atoms with Gasteiger partial charge in [0.2, 0.25) is 0 Å². The first kappa shape index (κ1) is 27.2. The van der Waals surface area contributed by atoms with E-state index < -0.39 is 5.91 Å². The fraction of sp³-hybridized carbons (Fsp3) is 0.296. The van der Waals surface area contributed by atoms with Crippen LogP contribution in [0.2, 0.25) is 0 Å². The molecule has 7 nitrogen and oxygen atoms in total. The quantitative estimate of drug-likeness (QED) is 0.275. The fourth-order valence-electron chi connectivity index (χ4n) is 3.59. The van der Waals surface area contributed by atoms with E-state index in [1.54, 1.807) is 29.6 Å². The Hall–Kier alpha value is -3.40. The molecule has 1 aromatic heterocycles. The second kappa shape index (κ2) is 13.6. The molecule has 36 heavy (non-hydrogen) atoms. The number of nitrogens with zero attached hydrogens (tertiary/aromatic N) is 3. The highest BCUT2D eigenvalue weighted by molar-refractivity contribution is 7.14. The van der Waals surface area contributed by atoms with Gasteiger partial charge in [-0.05, 0) is 67.0 Å². The van der Waals surface area contributed by atoms with Crippen LogP contribution in [-0.4, -0.2) is 61.1 Å². The molecule has 1 heterocycles. The molecule has 3 aromatic rings.